The Morgan fingerprint density at radius 3 is 2.68 bits per heavy atom. The van der Waals surface area contributed by atoms with Gasteiger partial charge in [-0.05, 0) is 49.6 Å². The number of carbonyl (C=O) groups excluding carboxylic acids is 1. The molecule has 0 spiro atoms. The third-order valence-corrected chi connectivity index (χ3v) is 4.00. The van der Waals surface area contributed by atoms with Crippen molar-refractivity contribution in [3.63, 3.8) is 0 Å². The van der Waals surface area contributed by atoms with Crippen LogP contribution in [0, 0.1) is 6.92 Å². The zero-order valence-electron chi connectivity index (χ0n) is 12.6. The van der Waals surface area contributed by atoms with Crippen LogP contribution in [0.4, 0.5) is 0 Å². The van der Waals surface area contributed by atoms with Crippen LogP contribution in [0.2, 0.25) is 0 Å². The highest BCUT2D eigenvalue weighted by Gasteiger charge is 2.28. The lowest BCUT2D eigenvalue weighted by Gasteiger charge is -2.23. The van der Waals surface area contributed by atoms with Gasteiger partial charge in [-0.25, -0.2) is 4.68 Å². The highest BCUT2D eigenvalue weighted by molar-refractivity contribution is 5.94. The highest BCUT2D eigenvalue weighted by Crippen LogP contribution is 2.20. The van der Waals surface area contributed by atoms with Crippen molar-refractivity contribution in [1.29, 1.82) is 0 Å². The van der Waals surface area contributed by atoms with Crippen molar-refractivity contribution in [2.75, 3.05) is 13.1 Å². The summed E-state index contributed by atoms with van der Waals surface area (Å²) < 4.78 is 1.81. The number of halogens is 1. The molecule has 2 aromatic rings. The third-order valence-electron chi connectivity index (χ3n) is 4.00. The molecule has 0 saturated carbocycles. The first-order valence-corrected chi connectivity index (χ1v) is 7.32. The number of likely N-dealkylation sites (tertiary alicyclic amines) is 1. The van der Waals surface area contributed by atoms with E-state index in [2.05, 4.69) is 5.10 Å². The molecule has 0 bridgehead atoms. The van der Waals surface area contributed by atoms with Crippen LogP contribution in [0.3, 0.4) is 0 Å². The van der Waals surface area contributed by atoms with E-state index in [4.69, 9.17) is 5.73 Å². The minimum atomic E-state index is 0. The fourth-order valence-electron chi connectivity index (χ4n) is 2.82. The van der Waals surface area contributed by atoms with E-state index in [1.54, 1.807) is 0 Å². The second-order valence-corrected chi connectivity index (χ2v) is 5.54. The van der Waals surface area contributed by atoms with E-state index >= 15 is 0 Å². The molecule has 0 radical (unpaired) electrons. The number of hydrogen-bond donors (Lipinski definition) is 1. The third kappa shape index (κ3) is 3.15. The van der Waals surface area contributed by atoms with Crippen molar-refractivity contribution >= 4 is 18.3 Å². The van der Waals surface area contributed by atoms with E-state index in [-0.39, 0.29) is 24.4 Å². The highest BCUT2D eigenvalue weighted by atomic mass is 35.5. The van der Waals surface area contributed by atoms with Crippen molar-refractivity contribution < 1.29 is 4.79 Å². The van der Waals surface area contributed by atoms with Crippen LogP contribution >= 0.6 is 12.4 Å². The first-order chi connectivity index (χ1) is 10.2. The molecule has 1 amide bonds. The van der Waals surface area contributed by atoms with Gasteiger partial charge in [-0.2, -0.15) is 5.10 Å². The average molecular weight is 321 g/mol. The van der Waals surface area contributed by atoms with Gasteiger partial charge in [0.15, 0.2) is 0 Å². The van der Waals surface area contributed by atoms with E-state index in [0.717, 1.165) is 30.6 Å². The smallest absolute Gasteiger partial charge is 0.254 e. The predicted molar refractivity (Wildman–Crippen MR) is 88.7 cm³/mol. The molecular weight excluding hydrogens is 300 g/mol. The quantitative estimate of drug-likeness (QED) is 0.942. The molecule has 6 heteroatoms. The van der Waals surface area contributed by atoms with E-state index in [1.807, 2.05) is 53.2 Å². The summed E-state index contributed by atoms with van der Waals surface area (Å²) in [7, 11) is 0. The SMILES string of the molecule is Cc1cnn(-c2ccc(C(=O)N3CCCC3CN)cc2)c1.Cl. The van der Waals surface area contributed by atoms with E-state index in [0.29, 0.717) is 12.1 Å². The Kier molecular flexibility index (Phi) is 5.21. The Hall–Kier alpha value is -1.85. The molecule has 1 fully saturated rings. The molecule has 1 aromatic carbocycles. The number of benzene rings is 1. The minimum Gasteiger partial charge on any atom is -0.334 e. The number of aromatic nitrogens is 2. The predicted octanol–water partition coefficient (Wildman–Crippen LogP) is 2.17. The average Bonchev–Trinajstić information content (AvgIpc) is 3.15. The van der Waals surface area contributed by atoms with Crippen LogP contribution in [0.5, 0.6) is 0 Å². The van der Waals surface area contributed by atoms with Crippen molar-refractivity contribution in [2.45, 2.75) is 25.8 Å². The summed E-state index contributed by atoms with van der Waals surface area (Å²) in [6.45, 7) is 3.35. The maximum atomic E-state index is 12.5. The van der Waals surface area contributed by atoms with Crippen molar-refractivity contribution in [1.82, 2.24) is 14.7 Å². The van der Waals surface area contributed by atoms with E-state index < -0.39 is 0 Å². The second-order valence-electron chi connectivity index (χ2n) is 5.54. The van der Waals surface area contributed by atoms with Gasteiger partial charge in [-0.3, -0.25) is 4.79 Å². The molecular formula is C16H21ClN4O. The Morgan fingerprint density at radius 1 is 1.36 bits per heavy atom. The summed E-state index contributed by atoms with van der Waals surface area (Å²) in [6.07, 6.45) is 5.82. The van der Waals surface area contributed by atoms with E-state index in [9.17, 15) is 4.79 Å². The van der Waals surface area contributed by atoms with E-state index in [1.165, 1.54) is 0 Å². The first-order valence-electron chi connectivity index (χ1n) is 7.32. The molecule has 1 aliphatic heterocycles. The van der Waals surface area contributed by atoms with Gasteiger partial charge in [0.2, 0.25) is 0 Å². The lowest BCUT2D eigenvalue weighted by molar-refractivity contribution is 0.0741. The number of amides is 1. The molecule has 1 aromatic heterocycles. The summed E-state index contributed by atoms with van der Waals surface area (Å²) in [5.41, 5.74) is 8.51. The maximum Gasteiger partial charge on any atom is 0.254 e. The van der Waals surface area contributed by atoms with Gasteiger partial charge < -0.3 is 10.6 Å². The monoisotopic (exact) mass is 320 g/mol. The van der Waals surface area contributed by atoms with Gasteiger partial charge in [0.25, 0.3) is 5.91 Å². The van der Waals surface area contributed by atoms with Gasteiger partial charge in [0.1, 0.15) is 0 Å². The number of rotatable bonds is 3. The standard InChI is InChI=1S/C16H20N4O.ClH/c1-12-10-18-20(11-12)14-6-4-13(5-7-14)16(21)19-8-2-3-15(19)9-17;/h4-7,10-11,15H,2-3,8-9,17H2,1H3;1H. The zero-order chi connectivity index (χ0) is 14.8. The lowest BCUT2D eigenvalue weighted by Crippen LogP contribution is -2.39. The number of nitrogens with two attached hydrogens (primary N) is 1. The van der Waals surface area contributed by atoms with Crippen LogP contribution in [0.15, 0.2) is 36.7 Å². The summed E-state index contributed by atoms with van der Waals surface area (Å²) in [5, 5.41) is 4.27. The van der Waals surface area contributed by atoms with Gasteiger partial charge in [0.05, 0.1) is 11.9 Å². The Labute approximate surface area is 136 Å². The molecule has 5 nitrogen and oxygen atoms in total. The van der Waals surface area contributed by atoms with Gasteiger partial charge in [0, 0.05) is 30.9 Å². The molecule has 118 valence electrons. The molecule has 1 saturated heterocycles. The van der Waals surface area contributed by atoms with Crippen LogP contribution in [-0.2, 0) is 0 Å². The van der Waals surface area contributed by atoms with Crippen LogP contribution in [0.1, 0.15) is 28.8 Å². The summed E-state index contributed by atoms with van der Waals surface area (Å²) >= 11 is 0. The number of hydrogen-bond acceptors (Lipinski definition) is 3. The van der Waals surface area contributed by atoms with Gasteiger partial charge in [-0.15, -0.1) is 12.4 Å². The Bertz CT molecular complexity index is 638. The summed E-state index contributed by atoms with van der Waals surface area (Å²) in [5.74, 6) is 0.0751. The Morgan fingerprint density at radius 2 is 2.09 bits per heavy atom. The molecule has 1 aliphatic rings. The number of nitrogens with zero attached hydrogens (tertiary/aromatic N) is 3. The van der Waals surface area contributed by atoms with Crippen LogP contribution in [0.25, 0.3) is 5.69 Å². The molecule has 2 N–H and O–H groups in total. The van der Waals surface area contributed by atoms with Crippen LogP contribution in [-0.4, -0.2) is 39.7 Å². The number of carbonyl (C=O) groups is 1. The minimum absolute atomic E-state index is 0. The summed E-state index contributed by atoms with van der Waals surface area (Å²) in [6, 6.07) is 7.76. The van der Waals surface area contributed by atoms with Crippen molar-refractivity contribution in [3.8, 4) is 5.69 Å². The van der Waals surface area contributed by atoms with Crippen molar-refractivity contribution in [3.05, 3.63) is 47.8 Å². The largest absolute Gasteiger partial charge is 0.334 e. The normalized spacial score (nSPS) is 17.4. The molecule has 1 unspecified atom stereocenters. The fraction of sp³-hybridized carbons (Fsp3) is 0.375. The topological polar surface area (TPSA) is 64.2 Å². The van der Waals surface area contributed by atoms with Gasteiger partial charge >= 0.3 is 0 Å². The summed E-state index contributed by atoms with van der Waals surface area (Å²) in [4.78, 5) is 14.4. The molecule has 1 atom stereocenters. The van der Waals surface area contributed by atoms with Crippen LogP contribution < -0.4 is 5.73 Å². The zero-order valence-corrected chi connectivity index (χ0v) is 13.4. The molecule has 0 aliphatic carbocycles. The number of aryl methyl sites for hydroxylation is 1. The van der Waals surface area contributed by atoms with Crippen molar-refractivity contribution in [2.24, 2.45) is 5.73 Å². The molecule has 2 heterocycles. The maximum absolute atomic E-state index is 12.5. The molecule has 3 rings (SSSR count). The molecule has 22 heavy (non-hydrogen) atoms. The first kappa shape index (κ1) is 16.5. The fourth-order valence-corrected chi connectivity index (χ4v) is 2.82. The van der Waals surface area contributed by atoms with Gasteiger partial charge in [-0.1, -0.05) is 0 Å². The second kappa shape index (κ2) is 6.94. The lowest BCUT2D eigenvalue weighted by atomic mass is 10.1. The Balaban J connectivity index is 0.00000176.